The summed E-state index contributed by atoms with van der Waals surface area (Å²) in [6, 6.07) is 8.51. The molecule has 0 aliphatic carbocycles. The molecular weight excluding hydrogens is 244 g/mol. The van der Waals surface area contributed by atoms with Gasteiger partial charge in [0.15, 0.2) is 0 Å². The minimum absolute atomic E-state index is 0.204. The molecule has 1 aliphatic rings. The van der Waals surface area contributed by atoms with E-state index in [-0.39, 0.29) is 6.04 Å². The molecule has 0 saturated carbocycles. The molecule has 1 aliphatic heterocycles. The number of aryl methyl sites for hydroxylation is 1. The first-order chi connectivity index (χ1) is 8.75. The number of rotatable bonds is 2. The standard InChI is InChI=1S/C13H14N4S/c1-9(13-16-15-10(2)18-13)17-8-14-7-11-5-3-4-6-12(11)17/h3-7,9H,8H2,1-2H3. The highest BCUT2D eigenvalue weighted by Crippen LogP contribution is 2.31. The van der Waals surface area contributed by atoms with E-state index >= 15 is 0 Å². The summed E-state index contributed by atoms with van der Waals surface area (Å²) < 4.78 is 0. The first-order valence-corrected chi connectivity index (χ1v) is 6.73. The predicted octanol–water partition coefficient (Wildman–Crippen LogP) is 2.80. The van der Waals surface area contributed by atoms with Gasteiger partial charge in [0.2, 0.25) is 0 Å². The highest BCUT2D eigenvalue weighted by molar-refractivity contribution is 7.11. The Kier molecular flexibility index (Phi) is 2.83. The number of fused-ring (bicyclic) bond motifs is 1. The Hall–Kier alpha value is -1.75. The van der Waals surface area contributed by atoms with Crippen LogP contribution in [0, 0.1) is 6.92 Å². The van der Waals surface area contributed by atoms with Crippen LogP contribution in [0.4, 0.5) is 5.69 Å². The molecular formula is C13H14N4S. The first kappa shape index (κ1) is 11.3. The molecule has 1 unspecified atom stereocenters. The summed E-state index contributed by atoms with van der Waals surface area (Å²) in [6.45, 7) is 4.81. The third-order valence-electron chi connectivity index (χ3n) is 3.08. The van der Waals surface area contributed by atoms with Crippen molar-refractivity contribution in [3.05, 3.63) is 39.8 Å². The molecule has 0 N–H and O–H groups in total. The van der Waals surface area contributed by atoms with Crippen molar-refractivity contribution in [2.75, 3.05) is 11.6 Å². The van der Waals surface area contributed by atoms with Crippen molar-refractivity contribution >= 4 is 23.2 Å². The van der Waals surface area contributed by atoms with Crippen LogP contribution >= 0.6 is 11.3 Å². The molecule has 1 aromatic heterocycles. The van der Waals surface area contributed by atoms with Crippen LogP contribution in [-0.2, 0) is 0 Å². The number of para-hydroxylation sites is 1. The number of anilines is 1. The zero-order valence-corrected chi connectivity index (χ0v) is 11.2. The molecule has 0 fully saturated rings. The van der Waals surface area contributed by atoms with Gasteiger partial charge in [0, 0.05) is 17.5 Å². The van der Waals surface area contributed by atoms with Crippen LogP contribution in [0.15, 0.2) is 29.3 Å². The average Bonchev–Trinajstić information content (AvgIpc) is 2.84. The lowest BCUT2D eigenvalue weighted by molar-refractivity contribution is 0.664. The first-order valence-electron chi connectivity index (χ1n) is 5.91. The van der Waals surface area contributed by atoms with Gasteiger partial charge in [-0.05, 0) is 19.9 Å². The van der Waals surface area contributed by atoms with Gasteiger partial charge in [-0.15, -0.1) is 10.2 Å². The van der Waals surface area contributed by atoms with E-state index in [2.05, 4.69) is 45.2 Å². The molecule has 18 heavy (non-hydrogen) atoms. The Morgan fingerprint density at radius 2 is 2.11 bits per heavy atom. The van der Waals surface area contributed by atoms with Gasteiger partial charge in [-0.2, -0.15) is 0 Å². The summed E-state index contributed by atoms with van der Waals surface area (Å²) in [7, 11) is 0. The number of benzene rings is 1. The van der Waals surface area contributed by atoms with Crippen LogP contribution in [0.25, 0.3) is 0 Å². The van der Waals surface area contributed by atoms with Gasteiger partial charge in [-0.3, -0.25) is 4.99 Å². The van der Waals surface area contributed by atoms with Crippen molar-refractivity contribution in [2.24, 2.45) is 4.99 Å². The smallest absolute Gasteiger partial charge is 0.139 e. The van der Waals surface area contributed by atoms with Gasteiger partial charge in [-0.1, -0.05) is 29.5 Å². The van der Waals surface area contributed by atoms with Crippen LogP contribution in [0.1, 0.15) is 28.5 Å². The van der Waals surface area contributed by atoms with E-state index in [0.717, 1.165) is 15.6 Å². The second kappa shape index (κ2) is 4.49. The van der Waals surface area contributed by atoms with Gasteiger partial charge >= 0.3 is 0 Å². The van der Waals surface area contributed by atoms with E-state index < -0.39 is 0 Å². The molecule has 5 heteroatoms. The highest BCUT2D eigenvalue weighted by atomic mass is 32.1. The Morgan fingerprint density at radius 1 is 1.28 bits per heavy atom. The Morgan fingerprint density at radius 3 is 2.89 bits per heavy atom. The molecule has 3 rings (SSSR count). The minimum atomic E-state index is 0.204. The third-order valence-corrected chi connectivity index (χ3v) is 4.09. The summed E-state index contributed by atoms with van der Waals surface area (Å²) in [6.07, 6.45) is 1.93. The molecule has 2 heterocycles. The molecule has 92 valence electrons. The van der Waals surface area contributed by atoms with Crippen molar-refractivity contribution < 1.29 is 0 Å². The summed E-state index contributed by atoms with van der Waals surface area (Å²) in [5.74, 6) is 0. The fourth-order valence-corrected chi connectivity index (χ4v) is 2.87. The lowest BCUT2D eigenvalue weighted by atomic mass is 10.1. The Bertz CT molecular complexity index is 590. The van der Waals surface area contributed by atoms with Crippen molar-refractivity contribution in [2.45, 2.75) is 19.9 Å². The molecule has 4 nitrogen and oxygen atoms in total. The van der Waals surface area contributed by atoms with Crippen LogP contribution in [0.2, 0.25) is 0 Å². The number of hydrogen-bond donors (Lipinski definition) is 0. The van der Waals surface area contributed by atoms with E-state index in [4.69, 9.17) is 0 Å². The van der Waals surface area contributed by atoms with Gasteiger partial charge in [-0.25, -0.2) is 0 Å². The molecule has 0 amide bonds. The van der Waals surface area contributed by atoms with Gasteiger partial charge in [0.25, 0.3) is 0 Å². The fourth-order valence-electron chi connectivity index (χ4n) is 2.11. The van der Waals surface area contributed by atoms with E-state index in [0.29, 0.717) is 6.67 Å². The normalized spacial score (nSPS) is 15.6. The molecule has 0 bridgehead atoms. The minimum Gasteiger partial charge on any atom is -0.342 e. The van der Waals surface area contributed by atoms with Gasteiger partial charge < -0.3 is 4.90 Å². The van der Waals surface area contributed by atoms with Crippen molar-refractivity contribution in [3.8, 4) is 0 Å². The van der Waals surface area contributed by atoms with Crippen LogP contribution < -0.4 is 4.90 Å². The lowest BCUT2D eigenvalue weighted by Gasteiger charge is -2.31. The molecule has 2 aromatic rings. The SMILES string of the molecule is Cc1nnc(C(C)N2CN=Cc3ccccc32)s1. The average molecular weight is 258 g/mol. The Balaban J connectivity index is 1.96. The second-order valence-electron chi connectivity index (χ2n) is 4.32. The molecule has 0 radical (unpaired) electrons. The van der Waals surface area contributed by atoms with E-state index in [1.54, 1.807) is 11.3 Å². The molecule has 1 aromatic carbocycles. The Labute approximate surface area is 110 Å². The maximum absolute atomic E-state index is 4.41. The fraction of sp³-hybridized carbons (Fsp3) is 0.308. The van der Waals surface area contributed by atoms with Crippen molar-refractivity contribution in [1.82, 2.24) is 10.2 Å². The van der Waals surface area contributed by atoms with Crippen LogP contribution in [0.3, 0.4) is 0 Å². The van der Waals surface area contributed by atoms with Gasteiger partial charge in [0.05, 0.1) is 6.04 Å². The maximum atomic E-state index is 4.41. The van der Waals surface area contributed by atoms with Crippen molar-refractivity contribution in [3.63, 3.8) is 0 Å². The van der Waals surface area contributed by atoms with E-state index in [1.807, 2.05) is 19.2 Å². The quantitative estimate of drug-likeness (QED) is 0.831. The third kappa shape index (κ3) is 1.90. The molecule has 1 atom stereocenters. The van der Waals surface area contributed by atoms with E-state index in [1.165, 1.54) is 5.69 Å². The number of aromatic nitrogens is 2. The van der Waals surface area contributed by atoms with E-state index in [9.17, 15) is 0 Å². The lowest BCUT2D eigenvalue weighted by Crippen LogP contribution is -2.30. The number of aliphatic imine (C=N–C) groups is 1. The van der Waals surface area contributed by atoms with Gasteiger partial charge in [0.1, 0.15) is 16.7 Å². The summed E-state index contributed by atoms with van der Waals surface area (Å²) in [5, 5.41) is 10.4. The summed E-state index contributed by atoms with van der Waals surface area (Å²) >= 11 is 1.65. The second-order valence-corrected chi connectivity index (χ2v) is 5.53. The number of hydrogen-bond acceptors (Lipinski definition) is 5. The van der Waals surface area contributed by atoms with Crippen LogP contribution in [-0.4, -0.2) is 23.1 Å². The summed E-state index contributed by atoms with van der Waals surface area (Å²) in [5.41, 5.74) is 2.38. The molecule has 0 saturated heterocycles. The topological polar surface area (TPSA) is 41.4 Å². The highest BCUT2D eigenvalue weighted by Gasteiger charge is 2.22. The maximum Gasteiger partial charge on any atom is 0.139 e. The monoisotopic (exact) mass is 258 g/mol. The van der Waals surface area contributed by atoms with Crippen LogP contribution in [0.5, 0.6) is 0 Å². The van der Waals surface area contributed by atoms with Crippen molar-refractivity contribution in [1.29, 1.82) is 0 Å². The zero-order chi connectivity index (χ0) is 12.5. The molecule has 0 spiro atoms. The zero-order valence-electron chi connectivity index (χ0n) is 10.4. The summed E-state index contributed by atoms with van der Waals surface area (Å²) in [4.78, 5) is 6.67. The number of nitrogens with zero attached hydrogens (tertiary/aromatic N) is 4. The predicted molar refractivity (Wildman–Crippen MR) is 74.4 cm³/mol. The largest absolute Gasteiger partial charge is 0.342 e.